The van der Waals surface area contributed by atoms with Crippen LogP contribution in [0, 0.1) is 5.82 Å². The van der Waals surface area contributed by atoms with Crippen LogP contribution in [0.4, 0.5) is 10.1 Å². The summed E-state index contributed by atoms with van der Waals surface area (Å²) < 4.78 is 18.2. The molecule has 21 heavy (non-hydrogen) atoms. The number of nitrogens with zero attached hydrogens (tertiary/aromatic N) is 2. The normalized spacial score (nSPS) is 10.3. The summed E-state index contributed by atoms with van der Waals surface area (Å²) in [5.74, 6) is -0.468. The average Bonchev–Trinajstić information content (AvgIpc) is 2.99. The van der Waals surface area contributed by atoms with Crippen LogP contribution in [0.5, 0.6) is 0 Å². The number of benzene rings is 1. The first-order valence-corrected chi connectivity index (χ1v) is 6.15. The lowest BCUT2D eigenvalue weighted by Crippen LogP contribution is -2.11. The molecule has 1 aromatic carbocycles. The highest BCUT2D eigenvalue weighted by Gasteiger charge is 2.14. The zero-order valence-electron chi connectivity index (χ0n) is 10.8. The Labute approximate surface area is 119 Å². The number of amides is 1. The van der Waals surface area contributed by atoms with Crippen molar-refractivity contribution in [1.29, 1.82) is 0 Å². The van der Waals surface area contributed by atoms with Gasteiger partial charge in [0.15, 0.2) is 5.76 Å². The van der Waals surface area contributed by atoms with E-state index >= 15 is 0 Å². The minimum absolute atomic E-state index is 0.0638. The molecule has 2 heterocycles. The van der Waals surface area contributed by atoms with Crippen molar-refractivity contribution in [1.82, 2.24) is 9.97 Å². The van der Waals surface area contributed by atoms with Gasteiger partial charge in [0, 0.05) is 23.6 Å². The van der Waals surface area contributed by atoms with Crippen molar-refractivity contribution in [3.63, 3.8) is 0 Å². The zero-order valence-corrected chi connectivity index (χ0v) is 10.8. The fourth-order valence-electron chi connectivity index (χ4n) is 1.75. The molecule has 3 rings (SSSR count). The molecule has 0 unspecified atom stereocenters. The first kappa shape index (κ1) is 13.0. The molecule has 1 N–H and O–H groups in total. The second-order valence-electron chi connectivity index (χ2n) is 4.23. The van der Waals surface area contributed by atoms with Crippen molar-refractivity contribution in [3.8, 4) is 11.3 Å². The second-order valence-corrected chi connectivity index (χ2v) is 4.23. The Kier molecular flexibility index (Phi) is 3.42. The molecule has 0 aliphatic heterocycles. The van der Waals surface area contributed by atoms with Gasteiger partial charge in [0.25, 0.3) is 5.89 Å². The van der Waals surface area contributed by atoms with E-state index in [-0.39, 0.29) is 11.7 Å². The molecule has 0 spiro atoms. The lowest BCUT2D eigenvalue weighted by atomic mass is 10.2. The van der Waals surface area contributed by atoms with Gasteiger partial charge >= 0.3 is 5.91 Å². The lowest BCUT2D eigenvalue weighted by molar-refractivity contribution is 0.0991. The number of pyridine rings is 1. The molecule has 0 saturated carbocycles. The largest absolute Gasteiger partial charge is 0.432 e. The third-order valence-electron chi connectivity index (χ3n) is 2.77. The molecular formula is C15H10FN3O2. The maximum atomic E-state index is 12.9. The van der Waals surface area contributed by atoms with E-state index in [4.69, 9.17) is 4.42 Å². The number of oxazole rings is 1. The monoisotopic (exact) mass is 283 g/mol. The molecule has 104 valence electrons. The van der Waals surface area contributed by atoms with Gasteiger partial charge in [-0.2, -0.15) is 0 Å². The van der Waals surface area contributed by atoms with Crippen LogP contribution in [-0.2, 0) is 0 Å². The van der Waals surface area contributed by atoms with Crippen LogP contribution in [-0.4, -0.2) is 15.9 Å². The zero-order chi connectivity index (χ0) is 14.7. The lowest BCUT2D eigenvalue weighted by Gasteiger charge is -2.00. The average molecular weight is 283 g/mol. The molecule has 0 radical (unpaired) electrons. The molecule has 0 aliphatic rings. The Balaban J connectivity index is 1.78. The van der Waals surface area contributed by atoms with E-state index in [0.717, 1.165) is 0 Å². The Morgan fingerprint density at radius 1 is 1.10 bits per heavy atom. The Morgan fingerprint density at radius 3 is 2.52 bits per heavy atom. The van der Waals surface area contributed by atoms with E-state index in [1.54, 1.807) is 36.7 Å². The van der Waals surface area contributed by atoms with Gasteiger partial charge in [0.2, 0.25) is 0 Å². The van der Waals surface area contributed by atoms with Crippen LogP contribution in [0.2, 0.25) is 0 Å². The molecule has 5 nitrogen and oxygen atoms in total. The molecule has 0 aliphatic carbocycles. The topological polar surface area (TPSA) is 68.0 Å². The van der Waals surface area contributed by atoms with Crippen molar-refractivity contribution in [2.24, 2.45) is 0 Å². The molecule has 0 atom stereocenters. The van der Waals surface area contributed by atoms with E-state index in [1.165, 1.54) is 18.3 Å². The van der Waals surface area contributed by atoms with Gasteiger partial charge in [-0.15, -0.1) is 0 Å². The van der Waals surface area contributed by atoms with Crippen molar-refractivity contribution >= 4 is 11.6 Å². The van der Waals surface area contributed by atoms with Gasteiger partial charge in [0.1, 0.15) is 5.82 Å². The maximum absolute atomic E-state index is 12.9. The van der Waals surface area contributed by atoms with Crippen LogP contribution in [0.15, 0.2) is 59.4 Å². The quantitative estimate of drug-likeness (QED) is 0.801. The maximum Gasteiger partial charge on any atom is 0.311 e. The molecule has 0 bridgehead atoms. The third-order valence-corrected chi connectivity index (χ3v) is 2.77. The third kappa shape index (κ3) is 2.94. The molecule has 3 aromatic rings. The van der Waals surface area contributed by atoms with E-state index in [0.29, 0.717) is 17.0 Å². The van der Waals surface area contributed by atoms with E-state index in [1.807, 2.05) is 0 Å². The molecule has 1 amide bonds. The number of hydrogen-bond donors (Lipinski definition) is 1. The van der Waals surface area contributed by atoms with Crippen LogP contribution < -0.4 is 5.32 Å². The fraction of sp³-hybridized carbons (Fsp3) is 0. The van der Waals surface area contributed by atoms with E-state index in [9.17, 15) is 9.18 Å². The van der Waals surface area contributed by atoms with E-state index < -0.39 is 5.91 Å². The molecule has 6 heteroatoms. The Bertz CT molecular complexity index is 754. The first-order valence-electron chi connectivity index (χ1n) is 6.15. The molecule has 0 saturated heterocycles. The van der Waals surface area contributed by atoms with Crippen LogP contribution in [0.25, 0.3) is 11.3 Å². The summed E-state index contributed by atoms with van der Waals surface area (Å²) in [5.41, 5.74) is 1.24. The number of carbonyl (C=O) groups is 1. The standard InChI is InChI=1S/C15H10FN3O2/c16-11-3-1-10(2-4-11)13-9-18-15(21-13)14(20)19-12-5-7-17-8-6-12/h1-9H,(H,17,19,20). The number of nitrogens with one attached hydrogen (secondary N) is 1. The summed E-state index contributed by atoms with van der Waals surface area (Å²) >= 11 is 0. The smallest absolute Gasteiger partial charge is 0.311 e. The summed E-state index contributed by atoms with van der Waals surface area (Å²) in [4.78, 5) is 19.7. The number of carbonyl (C=O) groups excluding carboxylic acids is 1. The van der Waals surface area contributed by atoms with Crippen LogP contribution in [0.1, 0.15) is 10.7 Å². The molecular weight excluding hydrogens is 273 g/mol. The summed E-state index contributed by atoms with van der Waals surface area (Å²) in [7, 11) is 0. The predicted octanol–water partition coefficient (Wildman–Crippen LogP) is 3.13. The van der Waals surface area contributed by atoms with Crippen molar-refractivity contribution in [3.05, 3.63) is 66.7 Å². The summed E-state index contributed by atoms with van der Waals surface area (Å²) in [6, 6.07) is 9.05. The van der Waals surface area contributed by atoms with Gasteiger partial charge in [-0.1, -0.05) is 0 Å². The van der Waals surface area contributed by atoms with Crippen molar-refractivity contribution < 1.29 is 13.6 Å². The predicted molar refractivity (Wildman–Crippen MR) is 74.1 cm³/mol. The van der Waals surface area contributed by atoms with Crippen LogP contribution >= 0.6 is 0 Å². The number of anilines is 1. The van der Waals surface area contributed by atoms with Crippen molar-refractivity contribution in [2.75, 3.05) is 5.32 Å². The fourth-order valence-corrected chi connectivity index (χ4v) is 1.75. The van der Waals surface area contributed by atoms with Gasteiger partial charge < -0.3 is 9.73 Å². The highest BCUT2D eigenvalue weighted by Crippen LogP contribution is 2.21. The number of aromatic nitrogens is 2. The SMILES string of the molecule is O=C(Nc1ccncc1)c1ncc(-c2ccc(F)cc2)o1. The van der Waals surface area contributed by atoms with Crippen molar-refractivity contribution in [2.45, 2.75) is 0 Å². The van der Waals surface area contributed by atoms with Gasteiger partial charge in [-0.05, 0) is 36.4 Å². The Hall–Kier alpha value is -3.02. The number of halogens is 1. The molecule has 2 aromatic heterocycles. The Morgan fingerprint density at radius 2 is 1.81 bits per heavy atom. The van der Waals surface area contributed by atoms with Gasteiger partial charge in [-0.3, -0.25) is 9.78 Å². The first-order chi connectivity index (χ1) is 10.2. The minimum atomic E-state index is -0.463. The minimum Gasteiger partial charge on any atom is -0.432 e. The van der Waals surface area contributed by atoms with Crippen LogP contribution in [0.3, 0.4) is 0 Å². The van der Waals surface area contributed by atoms with E-state index in [2.05, 4.69) is 15.3 Å². The number of rotatable bonds is 3. The second kappa shape index (κ2) is 5.54. The highest BCUT2D eigenvalue weighted by atomic mass is 19.1. The molecule has 0 fully saturated rings. The van der Waals surface area contributed by atoms with Gasteiger partial charge in [-0.25, -0.2) is 9.37 Å². The summed E-state index contributed by atoms with van der Waals surface area (Å²) in [5, 5.41) is 2.64. The highest BCUT2D eigenvalue weighted by molar-refractivity contribution is 6.01. The summed E-state index contributed by atoms with van der Waals surface area (Å²) in [6.07, 6.45) is 4.55. The summed E-state index contributed by atoms with van der Waals surface area (Å²) in [6.45, 7) is 0. The van der Waals surface area contributed by atoms with Gasteiger partial charge in [0.05, 0.1) is 6.20 Å². The number of hydrogen-bond acceptors (Lipinski definition) is 4.